The molecule has 0 fully saturated rings. The molecule has 0 aliphatic carbocycles. The Kier molecular flexibility index (Phi) is 7.25. The van der Waals surface area contributed by atoms with Crippen LogP contribution in [0.25, 0.3) is 0 Å². The van der Waals surface area contributed by atoms with Crippen molar-refractivity contribution in [3.05, 3.63) is 83.7 Å². The van der Waals surface area contributed by atoms with Crippen LogP contribution in [0.15, 0.2) is 71.6 Å². The highest BCUT2D eigenvalue weighted by Crippen LogP contribution is 2.26. The van der Waals surface area contributed by atoms with E-state index in [9.17, 15) is 12.8 Å². The number of nitrogens with one attached hydrogen (secondary N) is 3. The number of aryl methyl sites for hydroxylation is 2. The van der Waals surface area contributed by atoms with Gasteiger partial charge in [0.25, 0.3) is 10.0 Å². The Hall–Kier alpha value is -2.97. The third-order valence-electron chi connectivity index (χ3n) is 4.78. The first-order valence-corrected chi connectivity index (χ1v) is 11.8. The van der Waals surface area contributed by atoms with Crippen LogP contribution in [0.4, 0.5) is 21.5 Å². The number of para-hydroxylation sites is 3. The summed E-state index contributed by atoms with van der Waals surface area (Å²) in [5.41, 5.74) is 4.09. The molecule has 0 saturated carbocycles. The standard InChI is InChI=1S/C23H24FN3O2S2/c1-3-16-8-7-9-17(4-2)22(16)26-23(30)25-20-10-5-6-11-21(20)27-31(28,29)19-14-12-18(24)13-15-19/h5-15,27H,3-4H2,1-2H3,(H2,25,26,30). The second kappa shape index (κ2) is 9.89. The van der Waals surface area contributed by atoms with Crippen LogP contribution < -0.4 is 15.4 Å². The van der Waals surface area contributed by atoms with E-state index in [1.807, 2.05) is 6.07 Å². The van der Waals surface area contributed by atoms with Gasteiger partial charge >= 0.3 is 0 Å². The fourth-order valence-corrected chi connectivity index (χ4v) is 4.46. The van der Waals surface area contributed by atoms with Crippen molar-refractivity contribution in [3.8, 4) is 0 Å². The van der Waals surface area contributed by atoms with Gasteiger partial charge in [0.1, 0.15) is 5.82 Å². The molecular weight excluding hydrogens is 433 g/mol. The Morgan fingerprint density at radius 1 is 0.839 bits per heavy atom. The van der Waals surface area contributed by atoms with Crippen LogP contribution in [0.5, 0.6) is 0 Å². The van der Waals surface area contributed by atoms with Gasteiger partial charge < -0.3 is 10.6 Å². The lowest BCUT2D eigenvalue weighted by atomic mass is 10.0. The maximum absolute atomic E-state index is 13.1. The number of rotatable bonds is 7. The molecular formula is C23H24FN3O2S2. The van der Waals surface area contributed by atoms with Crippen LogP contribution in [-0.2, 0) is 22.9 Å². The van der Waals surface area contributed by atoms with E-state index in [1.165, 1.54) is 12.1 Å². The summed E-state index contributed by atoms with van der Waals surface area (Å²) < 4.78 is 41.1. The first-order valence-electron chi connectivity index (χ1n) is 9.90. The van der Waals surface area contributed by atoms with Crippen molar-refractivity contribution in [2.45, 2.75) is 31.6 Å². The minimum atomic E-state index is -3.89. The van der Waals surface area contributed by atoms with Crippen molar-refractivity contribution in [1.82, 2.24) is 0 Å². The van der Waals surface area contributed by atoms with Gasteiger partial charge in [-0.15, -0.1) is 0 Å². The van der Waals surface area contributed by atoms with Crippen LogP contribution >= 0.6 is 12.2 Å². The zero-order valence-corrected chi connectivity index (χ0v) is 18.9. The van der Waals surface area contributed by atoms with Crippen LogP contribution in [-0.4, -0.2) is 13.5 Å². The normalized spacial score (nSPS) is 11.1. The van der Waals surface area contributed by atoms with E-state index in [1.54, 1.807) is 24.3 Å². The van der Waals surface area contributed by atoms with Crippen LogP contribution in [0.3, 0.4) is 0 Å². The largest absolute Gasteiger partial charge is 0.332 e. The predicted molar refractivity (Wildman–Crippen MR) is 129 cm³/mol. The van der Waals surface area contributed by atoms with Gasteiger partial charge in [0.15, 0.2) is 5.11 Å². The summed E-state index contributed by atoms with van der Waals surface area (Å²) in [4.78, 5) is -0.0335. The number of anilines is 3. The lowest BCUT2D eigenvalue weighted by Crippen LogP contribution is -2.22. The van der Waals surface area contributed by atoms with Crippen molar-refractivity contribution in [1.29, 1.82) is 0 Å². The minimum absolute atomic E-state index is 0.0335. The molecule has 0 aromatic heterocycles. The Bertz CT molecular complexity index is 1160. The maximum Gasteiger partial charge on any atom is 0.261 e. The minimum Gasteiger partial charge on any atom is -0.332 e. The van der Waals surface area contributed by atoms with Gasteiger partial charge in [0.05, 0.1) is 16.3 Å². The number of halogens is 1. The molecule has 0 unspecified atom stereocenters. The summed E-state index contributed by atoms with van der Waals surface area (Å²) in [5, 5.41) is 6.69. The summed E-state index contributed by atoms with van der Waals surface area (Å²) >= 11 is 5.50. The smallest absolute Gasteiger partial charge is 0.261 e. The molecule has 8 heteroatoms. The molecule has 0 aliphatic heterocycles. The molecule has 0 spiro atoms. The molecule has 31 heavy (non-hydrogen) atoms. The van der Waals surface area contributed by atoms with Gasteiger partial charge in [0, 0.05) is 5.69 Å². The molecule has 0 heterocycles. The van der Waals surface area contributed by atoms with E-state index >= 15 is 0 Å². The van der Waals surface area contributed by atoms with Crippen LogP contribution in [0, 0.1) is 5.82 Å². The Labute approximate surface area is 187 Å². The van der Waals surface area contributed by atoms with Crippen molar-refractivity contribution < 1.29 is 12.8 Å². The summed E-state index contributed by atoms with van der Waals surface area (Å²) in [6.07, 6.45) is 1.71. The zero-order valence-electron chi connectivity index (χ0n) is 17.3. The highest BCUT2D eigenvalue weighted by molar-refractivity contribution is 7.92. The molecule has 162 valence electrons. The highest BCUT2D eigenvalue weighted by Gasteiger charge is 2.17. The predicted octanol–water partition coefficient (Wildman–Crippen LogP) is 5.56. The van der Waals surface area contributed by atoms with E-state index in [-0.39, 0.29) is 4.90 Å². The topological polar surface area (TPSA) is 70.2 Å². The number of benzene rings is 3. The number of thiocarbonyl (C=S) groups is 1. The van der Waals surface area contributed by atoms with E-state index in [2.05, 4.69) is 41.3 Å². The molecule has 0 bridgehead atoms. The van der Waals surface area contributed by atoms with E-state index in [0.29, 0.717) is 16.5 Å². The Morgan fingerprint density at radius 3 is 2.00 bits per heavy atom. The second-order valence-electron chi connectivity index (χ2n) is 6.84. The highest BCUT2D eigenvalue weighted by atomic mass is 32.2. The molecule has 0 aliphatic rings. The summed E-state index contributed by atoms with van der Waals surface area (Å²) in [7, 11) is -3.89. The fourth-order valence-electron chi connectivity index (χ4n) is 3.17. The van der Waals surface area contributed by atoms with E-state index < -0.39 is 15.8 Å². The van der Waals surface area contributed by atoms with E-state index in [0.717, 1.165) is 41.8 Å². The fraction of sp³-hybridized carbons (Fsp3) is 0.174. The van der Waals surface area contributed by atoms with Crippen LogP contribution in [0.2, 0.25) is 0 Å². The molecule has 3 aromatic carbocycles. The lowest BCUT2D eigenvalue weighted by molar-refractivity contribution is 0.599. The number of hydrogen-bond acceptors (Lipinski definition) is 3. The molecule has 5 nitrogen and oxygen atoms in total. The van der Waals surface area contributed by atoms with Crippen molar-refractivity contribution >= 4 is 44.4 Å². The zero-order chi connectivity index (χ0) is 22.4. The summed E-state index contributed by atoms with van der Waals surface area (Å²) in [5.74, 6) is -0.503. The lowest BCUT2D eigenvalue weighted by Gasteiger charge is -2.18. The molecule has 0 atom stereocenters. The third kappa shape index (κ3) is 5.59. The SMILES string of the molecule is CCc1cccc(CC)c1NC(=S)Nc1ccccc1NS(=O)(=O)c1ccc(F)cc1. The van der Waals surface area contributed by atoms with Gasteiger partial charge in [-0.3, -0.25) is 4.72 Å². The number of hydrogen-bond donors (Lipinski definition) is 3. The van der Waals surface area contributed by atoms with E-state index in [4.69, 9.17) is 12.2 Å². The summed E-state index contributed by atoms with van der Waals surface area (Å²) in [6.45, 7) is 4.16. The first kappa shape index (κ1) is 22.7. The average Bonchev–Trinajstić information content (AvgIpc) is 2.75. The van der Waals surface area contributed by atoms with Gasteiger partial charge in [-0.1, -0.05) is 44.2 Å². The summed E-state index contributed by atoms with van der Waals surface area (Å²) in [6, 6.07) is 17.6. The first-order chi connectivity index (χ1) is 14.8. The molecule has 3 aromatic rings. The van der Waals surface area contributed by atoms with Gasteiger partial charge in [-0.2, -0.15) is 0 Å². The van der Waals surface area contributed by atoms with Gasteiger partial charge in [-0.25, -0.2) is 12.8 Å². The quantitative estimate of drug-likeness (QED) is 0.405. The second-order valence-corrected chi connectivity index (χ2v) is 8.93. The van der Waals surface area contributed by atoms with Gasteiger partial charge in [-0.05, 0) is 72.6 Å². The monoisotopic (exact) mass is 457 g/mol. The molecule has 0 amide bonds. The molecule has 0 saturated heterocycles. The van der Waals surface area contributed by atoms with Crippen LogP contribution in [0.1, 0.15) is 25.0 Å². The average molecular weight is 458 g/mol. The Morgan fingerprint density at radius 2 is 1.42 bits per heavy atom. The van der Waals surface area contributed by atoms with Crippen molar-refractivity contribution in [2.24, 2.45) is 0 Å². The molecule has 3 rings (SSSR count). The third-order valence-corrected chi connectivity index (χ3v) is 6.37. The van der Waals surface area contributed by atoms with Crippen molar-refractivity contribution in [2.75, 3.05) is 15.4 Å². The molecule has 0 radical (unpaired) electrons. The van der Waals surface area contributed by atoms with Gasteiger partial charge in [0.2, 0.25) is 0 Å². The Balaban J connectivity index is 1.81. The van der Waals surface area contributed by atoms with Crippen molar-refractivity contribution in [3.63, 3.8) is 0 Å². The maximum atomic E-state index is 13.1. The molecule has 3 N–H and O–H groups in total. The number of sulfonamides is 1.